The molecule has 214 valence electrons. The van der Waals surface area contributed by atoms with Gasteiger partial charge in [-0.05, 0) is 81.3 Å². The van der Waals surface area contributed by atoms with E-state index in [0.29, 0.717) is 56.7 Å². The first kappa shape index (κ1) is 29.7. The van der Waals surface area contributed by atoms with Gasteiger partial charge in [-0.1, -0.05) is 52.1 Å². The quantitative estimate of drug-likeness (QED) is 0.134. The number of hydrogen-bond donors (Lipinski definition) is 2. The third-order valence-corrected chi connectivity index (χ3v) is 9.38. The fourth-order valence-electron chi connectivity index (χ4n) is 5.49. The largest absolute Gasteiger partial charge is 0.489 e. The van der Waals surface area contributed by atoms with E-state index >= 15 is 0 Å². The Labute approximate surface area is 253 Å². The molecule has 7 nitrogen and oxygen atoms in total. The van der Waals surface area contributed by atoms with Crippen LogP contribution in [0.2, 0.25) is 15.1 Å². The van der Waals surface area contributed by atoms with Gasteiger partial charge in [-0.15, -0.1) is 0 Å². The summed E-state index contributed by atoms with van der Waals surface area (Å²) in [5.74, 6) is 1.66. The molecule has 3 aliphatic rings. The summed E-state index contributed by atoms with van der Waals surface area (Å²) in [7, 11) is 0. The molecule has 2 aromatic rings. The van der Waals surface area contributed by atoms with Crippen LogP contribution in [0.5, 0.6) is 5.75 Å². The third-order valence-electron chi connectivity index (χ3n) is 7.87. The minimum atomic E-state index is -1.02. The minimum Gasteiger partial charge on any atom is -0.489 e. The first-order valence-corrected chi connectivity index (χ1v) is 15.4. The summed E-state index contributed by atoms with van der Waals surface area (Å²) in [6.07, 6.45) is 6.52. The molecule has 5 rings (SSSR count). The molecule has 0 spiro atoms. The van der Waals surface area contributed by atoms with Gasteiger partial charge in [0, 0.05) is 42.1 Å². The first-order chi connectivity index (χ1) is 19.2. The number of hydrogen-bond acceptors (Lipinski definition) is 8. The summed E-state index contributed by atoms with van der Waals surface area (Å²) >= 11 is 20.0. The number of nitrogens with two attached hydrogens (primary N) is 1. The summed E-state index contributed by atoms with van der Waals surface area (Å²) in [6, 6.07) is 11.0. The van der Waals surface area contributed by atoms with Gasteiger partial charge in [0.15, 0.2) is 0 Å². The number of aliphatic hydroxyl groups is 1. The molecule has 3 N–H and O–H groups in total. The number of nitrogens with zero attached hydrogens (tertiary/aromatic N) is 2. The van der Waals surface area contributed by atoms with Gasteiger partial charge in [-0.25, -0.2) is 0 Å². The van der Waals surface area contributed by atoms with Crippen LogP contribution in [-0.2, 0) is 15.2 Å². The Morgan fingerprint density at radius 2 is 1.82 bits per heavy atom. The molecule has 40 heavy (non-hydrogen) atoms. The highest BCUT2D eigenvalue weighted by atomic mass is 35.5. The van der Waals surface area contributed by atoms with Crippen molar-refractivity contribution in [2.45, 2.75) is 50.7 Å². The highest BCUT2D eigenvalue weighted by molar-refractivity contribution is 8.11. The molecule has 0 radical (unpaired) electrons. The molecule has 0 amide bonds. The van der Waals surface area contributed by atoms with E-state index in [9.17, 15) is 9.90 Å². The van der Waals surface area contributed by atoms with Gasteiger partial charge in [0.2, 0.25) is 5.12 Å². The van der Waals surface area contributed by atoms with E-state index in [1.54, 1.807) is 31.2 Å². The Kier molecular flexibility index (Phi) is 9.37. The number of likely N-dealkylation sites (tertiary alicyclic amines) is 1. The molecule has 2 unspecified atom stereocenters. The van der Waals surface area contributed by atoms with Crippen molar-refractivity contribution in [3.8, 4) is 5.75 Å². The molecule has 0 aromatic heterocycles. The van der Waals surface area contributed by atoms with Gasteiger partial charge >= 0.3 is 0 Å². The van der Waals surface area contributed by atoms with Gasteiger partial charge in [-0.3, -0.25) is 14.8 Å². The topological polar surface area (TPSA) is 97.4 Å². The Morgan fingerprint density at radius 3 is 2.48 bits per heavy atom. The maximum atomic E-state index is 11.9. The van der Waals surface area contributed by atoms with E-state index in [0.717, 1.165) is 49.8 Å². The predicted octanol–water partition coefficient (Wildman–Crippen LogP) is 6.57. The molecule has 3 fully saturated rings. The summed E-state index contributed by atoms with van der Waals surface area (Å²) in [4.78, 5) is 19.9. The molecule has 0 bridgehead atoms. The van der Waals surface area contributed by atoms with Gasteiger partial charge in [0.25, 0.3) is 0 Å². The van der Waals surface area contributed by atoms with Crippen LogP contribution in [0, 0.1) is 11.8 Å². The maximum absolute atomic E-state index is 11.9. The zero-order valence-corrected chi connectivity index (χ0v) is 25.2. The summed E-state index contributed by atoms with van der Waals surface area (Å²) < 4.78 is 5.92. The van der Waals surface area contributed by atoms with Crippen LogP contribution in [-0.4, -0.2) is 46.6 Å². The zero-order chi connectivity index (χ0) is 28.4. The lowest BCUT2D eigenvalue weighted by atomic mass is 9.84. The second-order valence-corrected chi connectivity index (χ2v) is 12.6. The van der Waals surface area contributed by atoms with Crippen LogP contribution in [0.3, 0.4) is 0 Å². The Bertz CT molecular complexity index is 1310. The van der Waals surface area contributed by atoms with Crippen molar-refractivity contribution >= 4 is 57.6 Å². The molecule has 1 aliphatic heterocycles. The summed E-state index contributed by atoms with van der Waals surface area (Å²) in [6.45, 7) is 3.06. The summed E-state index contributed by atoms with van der Waals surface area (Å²) in [5, 5.41) is 22.5. The molecule has 1 heterocycles. The van der Waals surface area contributed by atoms with Crippen molar-refractivity contribution in [2.75, 3.05) is 19.7 Å². The predicted molar refractivity (Wildman–Crippen MR) is 161 cm³/mol. The highest BCUT2D eigenvalue weighted by Crippen LogP contribution is 2.42. The number of ether oxygens (including phenoxy) is 1. The lowest BCUT2D eigenvalue weighted by Gasteiger charge is -2.50. The Hall–Kier alpha value is -1.78. The van der Waals surface area contributed by atoms with E-state index < -0.39 is 5.60 Å². The normalized spacial score (nSPS) is 23.1. The van der Waals surface area contributed by atoms with E-state index in [2.05, 4.69) is 10.1 Å². The second-order valence-electron chi connectivity index (χ2n) is 10.7. The van der Waals surface area contributed by atoms with E-state index in [4.69, 9.17) is 49.5 Å². The average molecular weight is 625 g/mol. The fourth-order valence-corrected chi connectivity index (χ4v) is 6.92. The van der Waals surface area contributed by atoms with Crippen LogP contribution in [0.4, 0.5) is 0 Å². The third kappa shape index (κ3) is 6.65. The molecule has 11 heteroatoms. The second kappa shape index (κ2) is 12.6. The van der Waals surface area contributed by atoms with Crippen LogP contribution in [0.15, 0.2) is 53.4 Å². The molecule has 1 saturated heterocycles. The van der Waals surface area contributed by atoms with Gasteiger partial charge < -0.3 is 14.7 Å². The monoisotopic (exact) mass is 623 g/mol. The number of oxime groups is 1. The molecule has 2 aliphatic carbocycles. The molecule has 2 saturated carbocycles. The number of allylic oxidation sites excluding steroid dienone is 1. The van der Waals surface area contributed by atoms with Crippen molar-refractivity contribution in [3.05, 3.63) is 74.4 Å². The smallest absolute Gasteiger partial charge is 0.206 e. The van der Waals surface area contributed by atoms with Crippen LogP contribution in [0.25, 0.3) is 0 Å². The van der Waals surface area contributed by atoms with E-state index in [-0.39, 0.29) is 23.7 Å². The van der Waals surface area contributed by atoms with Crippen molar-refractivity contribution in [2.24, 2.45) is 22.1 Å². The number of benzene rings is 2. The molecular formula is C29H32Cl3N3O4S. The lowest BCUT2D eigenvalue weighted by molar-refractivity contribution is -0.122. The number of carbonyl (C=O) groups excluding carboxylic acids is 1. The number of rotatable bonds is 10. The Balaban J connectivity index is 1.16. The first-order valence-electron chi connectivity index (χ1n) is 13.3. The molecule has 2 atom stereocenters. The SMILES string of the molecule is C/C(=N\O/C(=C/COc1ccc(C2(O)CN(C3CCC(C(=O)SN)C3)C2)c(Cl)c1)C1CC1)c1c(Cl)cccc1Cl. The van der Waals surface area contributed by atoms with Crippen molar-refractivity contribution in [1.29, 1.82) is 0 Å². The lowest BCUT2D eigenvalue weighted by Crippen LogP contribution is -2.62. The van der Waals surface area contributed by atoms with Crippen LogP contribution in [0.1, 0.15) is 50.2 Å². The number of halogens is 3. The molecular weight excluding hydrogens is 593 g/mol. The summed E-state index contributed by atoms with van der Waals surface area (Å²) in [5.41, 5.74) is 0.903. The van der Waals surface area contributed by atoms with Gasteiger partial charge in [0.1, 0.15) is 23.7 Å². The highest BCUT2D eigenvalue weighted by Gasteiger charge is 2.48. The van der Waals surface area contributed by atoms with Crippen LogP contribution < -0.4 is 9.88 Å². The standard InChI is InChI=1S/C29H32Cl3N3O4S/c1-17(27-23(30)3-2-4-24(27)31)34-39-26(18-5-6-18)11-12-38-21-9-10-22(25(32)14-21)29(37)15-35(16-29)20-8-7-19(13-20)28(36)40-33/h2-4,9-11,14,18-20,37H,5-8,12-13,15-16,33H2,1H3/b26-11+,34-17+. The van der Waals surface area contributed by atoms with E-state index in [1.807, 2.05) is 18.2 Å². The zero-order valence-electron chi connectivity index (χ0n) is 22.1. The van der Waals surface area contributed by atoms with Crippen molar-refractivity contribution in [3.63, 3.8) is 0 Å². The van der Waals surface area contributed by atoms with Crippen molar-refractivity contribution < 1.29 is 19.5 Å². The number of carbonyl (C=O) groups is 1. The fraction of sp³-hybridized carbons (Fsp3) is 0.448. The van der Waals surface area contributed by atoms with Gasteiger partial charge in [0.05, 0.1) is 20.8 Å². The number of β-amino-alcohol motifs (C(OH)–C–C–N with tert-alkyl or cyclic N) is 1. The molecule has 2 aromatic carbocycles. The van der Waals surface area contributed by atoms with Gasteiger partial charge in [-0.2, -0.15) is 0 Å². The van der Waals surface area contributed by atoms with E-state index in [1.165, 1.54) is 0 Å². The van der Waals surface area contributed by atoms with Crippen LogP contribution >= 0.6 is 46.8 Å². The van der Waals surface area contributed by atoms with Crippen molar-refractivity contribution in [1.82, 2.24) is 4.90 Å². The maximum Gasteiger partial charge on any atom is 0.206 e. The Morgan fingerprint density at radius 1 is 1.12 bits per heavy atom. The minimum absolute atomic E-state index is 0.00489. The average Bonchev–Trinajstić information content (AvgIpc) is 3.64.